The highest BCUT2D eigenvalue weighted by atomic mass is 19.1. The average Bonchev–Trinajstić information content (AvgIpc) is 2.96. The van der Waals surface area contributed by atoms with Crippen molar-refractivity contribution in [2.75, 3.05) is 13.1 Å². The first-order chi connectivity index (χ1) is 11.0. The number of nitrogens with zero attached hydrogens (tertiary/aromatic N) is 2. The number of aromatic nitrogens is 1. The van der Waals surface area contributed by atoms with Gasteiger partial charge in [-0.25, -0.2) is 22.5 Å². The number of carbonyl (C=O) groups is 1. The van der Waals surface area contributed by atoms with Crippen molar-refractivity contribution in [3.63, 3.8) is 0 Å². The highest BCUT2D eigenvalue weighted by molar-refractivity contribution is 5.92. The molecule has 23 heavy (non-hydrogen) atoms. The standard InChI is InChI=1S/C16H12F4N2O/c17-10-6-13(20)15(21-7-10)16(23)22-5-4-9(8-22)14-11(18)2-1-3-12(14)19/h1-3,6-7,9H,4-5,8H2/t9-/m1/s1. The molecular weight excluding hydrogens is 312 g/mol. The number of hydrogen-bond acceptors (Lipinski definition) is 2. The lowest BCUT2D eigenvalue weighted by molar-refractivity contribution is 0.0779. The van der Waals surface area contributed by atoms with E-state index in [4.69, 9.17) is 0 Å². The second kappa shape index (κ2) is 5.98. The van der Waals surface area contributed by atoms with Gasteiger partial charge in [0.2, 0.25) is 0 Å². The summed E-state index contributed by atoms with van der Waals surface area (Å²) in [6.45, 7) is 0.269. The fraction of sp³-hybridized carbons (Fsp3) is 0.250. The van der Waals surface area contributed by atoms with E-state index in [0.717, 1.165) is 18.3 Å². The summed E-state index contributed by atoms with van der Waals surface area (Å²) in [5.41, 5.74) is -0.573. The van der Waals surface area contributed by atoms with Crippen LogP contribution < -0.4 is 0 Å². The fourth-order valence-corrected chi connectivity index (χ4v) is 2.80. The van der Waals surface area contributed by atoms with E-state index in [1.54, 1.807) is 0 Å². The number of hydrogen-bond donors (Lipinski definition) is 0. The van der Waals surface area contributed by atoms with E-state index in [1.165, 1.54) is 11.0 Å². The Hall–Kier alpha value is -2.44. The Morgan fingerprint density at radius 2 is 1.83 bits per heavy atom. The summed E-state index contributed by atoms with van der Waals surface area (Å²) in [4.78, 5) is 17.0. The highest BCUT2D eigenvalue weighted by Gasteiger charge is 2.32. The van der Waals surface area contributed by atoms with Gasteiger partial charge in [-0.3, -0.25) is 4.79 Å². The fourth-order valence-electron chi connectivity index (χ4n) is 2.80. The Balaban J connectivity index is 1.81. The number of amides is 1. The average molecular weight is 324 g/mol. The Morgan fingerprint density at radius 3 is 2.48 bits per heavy atom. The largest absolute Gasteiger partial charge is 0.337 e. The van der Waals surface area contributed by atoms with Crippen LogP contribution >= 0.6 is 0 Å². The molecule has 1 aromatic carbocycles. The molecule has 3 nitrogen and oxygen atoms in total. The lowest BCUT2D eigenvalue weighted by Gasteiger charge is -2.17. The summed E-state index contributed by atoms with van der Waals surface area (Å²) in [6, 6.07) is 4.16. The molecule has 1 atom stereocenters. The SMILES string of the molecule is O=C(c1ncc(F)cc1F)N1CC[C@@H](c2c(F)cccc2F)C1. The van der Waals surface area contributed by atoms with E-state index in [2.05, 4.69) is 4.98 Å². The molecule has 1 aliphatic heterocycles. The Morgan fingerprint density at radius 1 is 1.13 bits per heavy atom. The zero-order valence-electron chi connectivity index (χ0n) is 11.9. The Kier molecular flexibility index (Phi) is 4.02. The third-order valence-corrected chi connectivity index (χ3v) is 3.89. The molecule has 2 aromatic rings. The molecule has 1 aromatic heterocycles. The van der Waals surface area contributed by atoms with Crippen LogP contribution in [0.5, 0.6) is 0 Å². The zero-order chi connectivity index (χ0) is 16.6. The van der Waals surface area contributed by atoms with Gasteiger partial charge in [0.05, 0.1) is 6.20 Å². The van der Waals surface area contributed by atoms with Gasteiger partial charge in [-0.05, 0) is 18.6 Å². The summed E-state index contributed by atoms with van der Waals surface area (Å²) in [5, 5.41) is 0. The van der Waals surface area contributed by atoms with Gasteiger partial charge in [0.1, 0.15) is 17.5 Å². The van der Waals surface area contributed by atoms with Gasteiger partial charge in [0, 0.05) is 30.6 Å². The quantitative estimate of drug-likeness (QED) is 0.795. The Bertz CT molecular complexity index is 745. The van der Waals surface area contributed by atoms with Gasteiger partial charge >= 0.3 is 0 Å². The zero-order valence-corrected chi connectivity index (χ0v) is 11.9. The number of pyridine rings is 1. The molecule has 1 aliphatic rings. The van der Waals surface area contributed by atoms with Gasteiger partial charge in [0.15, 0.2) is 11.5 Å². The van der Waals surface area contributed by atoms with Gasteiger partial charge in [-0.2, -0.15) is 0 Å². The van der Waals surface area contributed by atoms with Crippen molar-refractivity contribution in [3.05, 3.63) is 65.0 Å². The first-order valence-corrected chi connectivity index (χ1v) is 7.01. The van der Waals surface area contributed by atoms with Crippen LogP contribution in [0.2, 0.25) is 0 Å². The van der Waals surface area contributed by atoms with Gasteiger partial charge in [-0.1, -0.05) is 6.07 Å². The smallest absolute Gasteiger partial charge is 0.275 e. The van der Waals surface area contributed by atoms with E-state index < -0.39 is 40.8 Å². The van der Waals surface area contributed by atoms with Crippen LogP contribution in [-0.2, 0) is 0 Å². The summed E-state index contributed by atoms with van der Waals surface area (Å²) >= 11 is 0. The maximum atomic E-state index is 13.8. The summed E-state index contributed by atoms with van der Waals surface area (Å²) in [7, 11) is 0. The van der Waals surface area contributed by atoms with E-state index >= 15 is 0 Å². The minimum absolute atomic E-state index is 0.0508. The number of benzene rings is 1. The van der Waals surface area contributed by atoms with Gasteiger partial charge in [0.25, 0.3) is 5.91 Å². The molecular formula is C16H12F4N2O. The molecule has 2 heterocycles. The van der Waals surface area contributed by atoms with Crippen molar-refractivity contribution in [2.45, 2.75) is 12.3 Å². The van der Waals surface area contributed by atoms with Crippen molar-refractivity contribution in [2.24, 2.45) is 0 Å². The van der Waals surface area contributed by atoms with Crippen LogP contribution in [0.3, 0.4) is 0 Å². The van der Waals surface area contributed by atoms with Crippen LogP contribution in [-0.4, -0.2) is 28.9 Å². The van der Waals surface area contributed by atoms with Crippen molar-refractivity contribution in [3.8, 4) is 0 Å². The number of halogens is 4. The molecule has 0 unspecified atom stereocenters. The molecule has 0 radical (unpaired) electrons. The Labute approximate surface area is 129 Å². The first-order valence-electron chi connectivity index (χ1n) is 7.01. The lowest BCUT2D eigenvalue weighted by atomic mass is 9.97. The monoisotopic (exact) mass is 324 g/mol. The van der Waals surface area contributed by atoms with E-state index in [9.17, 15) is 22.4 Å². The van der Waals surface area contributed by atoms with Crippen molar-refractivity contribution in [1.82, 2.24) is 9.88 Å². The number of carbonyl (C=O) groups excluding carboxylic acids is 1. The van der Waals surface area contributed by atoms with Crippen LogP contribution in [0.25, 0.3) is 0 Å². The van der Waals surface area contributed by atoms with Crippen molar-refractivity contribution >= 4 is 5.91 Å². The van der Waals surface area contributed by atoms with Crippen molar-refractivity contribution < 1.29 is 22.4 Å². The third kappa shape index (κ3) is 2.91. The molecule has 3 rings (SSSR count). The minimum atomic E-state index is -1.06. The molecule has 7 heteroatoms. The molecule has 1 amide bonds. The molecule has 1 saturated heterocycles. The minimum Gasteiger partial charge on any atom is -0.337 e. The second-order valence-electron chi connectivity index (χ2n) is 5.36. The highest BCUT2D eigenvalue weighted by Crippen LogP contribution is 2.31. The molecule has 120 valence electrons. The maximum Gasteiger partial charge on any atom is 0.275 e. The molecule has 0 spiro atoms. The van der Waals surface area contributed by atoms with E-state index in [-0.39, 0.29) is 18.7 Å². The van der Waals surface area contributed by atoms with Gasteiger partial charge < -0.3 is 4.90 Å². The first kappa shape index (κ1) is 15.5. The van der Waals surface area contributed by atoms with Crippen LogP contribution in [0.4, 0.5) is 17.6 Å². The predicted octanol–water partition coefficient (Wildman–Crippen LogP) is 3.27. The summed E-state index contributed by atoms with van der Waals surface area (Å²) in [6.07, 6.45) is 1.10. The van der Waals surface area contributed by atoms with E-state index in [1.807, 2.05) is 0 Å². The van der Waals surface area contributed by atoms with E-state index in [0.29, 0.717) is 12.5 Å². The molecule has 1 fully saturated rings. The molecule has 0 saturated carbocycles. The van der Waals surface area contributed by atoms with Gasteiger partial charge in [-0.15, -0.1) is 0 Å². The topological polar surface area (TPSA) is 33.2 Å². The second-order valence-corrected chi connectivity index (χ2v) is 5.36. The molecule has 0 bridgehead atoms. The third-order valence-electron chi connectivity index (χ3n) is 3.89. The van der Waals surface area contributed by atoms with Crippen LogP contribution in [0.15, 0.2) is 30.5 Å². The number of likely N-dealkylation sites (tertiary alicyclic amines) is 1. The number of rotatable bonds is 2. The molecule has 0 aliphatic carbocycles. The van der Waals surface area contributed by atoms with Crippen LogP contribution in [0.1, 0.15) is 28.4 Å². The predicted molar refractivity (Wildman–Crippen MR) is 73.8 cm³/mol. The normalized spacial score (nSPS) is 17.6. The van der Waals surface area contributed by atoms with Crippen molar-refractivity contribution in [1.29, 1.82) is 0 Å². The lowest BCUT2D eigenvalue weighted by Crippen LogP contribution is -2.30. The summed E-state index contributed by atoms with van der Waals surface area (Å²) in [5.74, 6) is -4.52. The van der Waals surface area contributed by atoms with Crippen LogP contribution in [0, 0.1) is 23.3 Å². The summed E-state index contributed by atoms with van der Waals surface area (Å²) < 4.78 is 54.1. The maximum absolute atomic E-state index is 13.8. The molecule has 0 N–H and O–H groups in total.